The standard InChI is InChI=1S/C18H23N3O/c1-18(2,3)14-8-6-13(7-9-14)16-5-4-12-21(16)17(22)15-10-11-19-20-15/h6-11,16H,4-5,12H2,1-3H3,(H,19,20). The van der Waals surface area contributed by atoms with Gasteiger partial charge >= 0.3 is 0 Å². The van der Waals surface area contributed by atoms with Crippen LogP contribution in [0.3, 0.4) is 0 Å². The van der Waals surface area contributed by atoms with Crippen molar-refractivity contribution in [3.8, 4) is 0 Å². The van der Waals surface area contributed by atoms with E-state index in [0.29, 0.717) is 5.69 Å². The first-order chi connectivity index (χ1) is 10.5. The van der Waals surface area contributed by atoms with Gasteiger partial charge in [-0.15, -0.1) is 0 Å². The van der Waals surface area contributed by atoms with Gasteiger partial charge in [-0.25, -0.2) is 0 Å². The number of carbonyl (C=O) groups is 1. The smallest absolute Gasteiger partial charge is 0.272 e. The molecule has 2 heterocycles. The van der Waals surface area contributed by atoms with E-state index < -0.39 is 0 Å². The van der Waals surface area contributed by atoms with Crippen molar-refractivity contribution in [3.05, 3.63) is 53.3 Å². The zero-order valence-electron chi connectivity index (χ0n) is 13.5. The van der Waals surface area contributed by atoms with Crippen molar-refractivity contribution in [3.63, 3.8) is 0 Å². The molecular weight excluding hydrogens is 274 g/mol. The molecule has 22 heavy (non-hydrogen) atoms. The van der Waals surface area contributed by atoms with Crippen LogP contribution in [0.5, 0.6) is 0 Å². The molecule has 0 bridgehead atoms. The molecule has 0 saturated carbocycles. The molecule has 0 radical (unpaired) electrons. The maximum absolute atomic E-state index is 12.6. The van der Waals surface area contributed by atoms with Crippen LogP contribution in [0.15, 0.2) is 36.5 Å². The van der Waals surface area contributed by atoms with Crippen molar-refractivity contribution in [2.45, 2.75) is 45.1 Å². The van der Waals surface area contributed by atoms with Crippen LogP contribution in [0, 0.1) is 0 Å². The number of aromatic amines is 1. The van der Waals surface area contributed by atoms with Gasteiger partial charge in [0.1, 0.15) is 5.69 Å². The van der Waals surface area contributed by atoms with Crippen LogP contribution in [0.1, 0.15) is 61.3 Å². The number of H-pyrrole nitrogens is 1. The molecule has 1 aliphatic heterocycles. The van der Waals surface area contributed by atoms with E-state index in [9.17, 15) is 4.79 Å². The topological polar surface area (TPSA) is 49.0 Å². The second kappa shape index (κ2) is 5.59. The summed E-state index contributed by atoms with van der Waals surface area (Å²) >= 11 is 0. The Balaban J connectivity index is 1.83. The lowest BCUT2D eigenvalue weighted by Crippen LogP contribution is -2.30. The molecule has 3 rings (SSSR count). The number of benzene rings is 1. The molecule has 1 N–H and O–H groups in total. The Labute approximate surface area is 131 Å². The van der Waals surface area contributed by atoms with Gasteiger partial charge in [0, 0.05) is 12.7 Å². The summed E-state index contributed by atoms with van der Waals surface area (Å²) < 4.78 is 0. The van der Waals surface area contributed by atoms with E-state index >= 15 is 0 Å². The molecule has 1 aliphatic rings. The third-order valence-corrected chi connectivity index (χ3v) is 4.41. The third-order valence-electron chi connectivity index (χ3n) is 4.41. The molecule has 4 nitrogen and oxygen atoms in total. The van der Waals surface area contributed by atoms with Crippen LogP contribution >= 0.6 is 0 Å². The maximum atomic E-state index is 12.6. The number of carbonyl (C=O) groups excluding carboxylic acids is 1. The second-order valence-corrected chi connectivity index (χ2v) is 7.00. The average molecular weight is 297 g/mol. The van der Waals surface area contributed by atoms with Crippen LogP contribution in [0.4, 0.5) is 0 Å². The van der Waals surface area contributed by atoms with E-state index in [-0.39, 0.29) is 17.4 Å². The largest absolute Gasteiger partial charge is 0.330 e. The molecule has 1 saturated heterocycles. The van der Waals surface area contributed by atoms with Crippen molar-refractivity contribution in [2.75, 3.05) is 6.54 Å². The Morgan fingerprint density at radius 1 is 1.23 bits per heavy atom. The summed E-state index contributed by atoms with van der Waals surface area (Å²) in [6.45, 7) is 7.45. The molecule has 0 aliphatic carbocycles. The Bertz CT molecular complexity index is 638. The second-order valence-electron chi connectivity index (χ2n) is 7.00. The van der Waals surface area contributed by atoms with Gasteiger partial charge in [0.15, 0.2) is 0 Å². The van der Waals surface area contributed by atoms with Crippen LogP contribution in [-0.2, 0) is 5.41 Å². The highest BCUT2D eigenvalue weighted by Crippen LogP contribution is 2.34. The van der Waals surface area contributed by atoms with Gasteiger partial charge in [-0.2, -0.15) is 5.10 Å². The molecule has 1 atom stereocenters. The Morgan fingerprint density at radius 3 is 2.55 bits per heavy atom. The first-order valence-corrected chi connectivity index (χ1v) is 7.87. The van der Waals surface area contributed by atoms with E-state index in [0.717, 1.165) is 19.4 Å². The van der Waals surface area contributed by atoms with E-state index in [2.05, 4.69) is 55.2 Å². The number of amides is 1. The van der Waals surface area contributed by atoms with E-state index in [4.69, 9.17) is 0 Å². The van der Waals surface area contributed by atoms with Gasteiger partial charge in [-0.3, -0.25) is 9.89 Å². The number of nitrogens with zero attached hydrogens (tertiary/aromatic N) is 2. The van der Waals surface area contributed by atoms with E-state index in [1.54, 1.807) is 12.3 Å². The fraction of sp³-hybridized carbons (Fsp3) is 0.444. The molecule has 2 aromatic rings. The lowest BCUT2D eigenvalue weighted by molar-refractivity contribution is 0.0729. The molecule has 1 aromatic heterocycles. The van der Waals surface area contributed by atoms with Crippen LogP contribution in [-0.4, -0.2) is 27.5 Å². The first kappa shape index (κ1) is 14.8. The SMILES string of the molecule is CC(C)(C)c1ccc(C2CCCN2C(=O)c2ccn[nH]2)cc1. The summed E-state index contributed by atoms with van der Waals surface area (Å²) in [6, 6.07) is 10.6. The normalized spacial score (nSPS) is 18.7. The van der Waals surface area contributed by atoms with Gasteiger partial charge in [-0.05, 0) is 35.4 Å². The number of hydrogen-bond donors (Lipinski definition) is 1. The quantitative estimate of drug-likeness (QED) is 0.919. The summed E-state index contributed by atoms with van der Waals surface area (Å²) in [4.78, 5) is 14.5. The van der Waals surface area contributed by atoms with Gasteiger partial charge in [0.05, 0.1) is 6.04 Å². The van der Waals surface area contributed by atoms with Crippen LogP contribution < -0.4 is 0 Å². The third kappa shape index (κ3) is 2.78. The molecule has 0 spiro atoms. The predicted molar refractivity (Wildman–Crippen MR) is 86.7 cm³/mol. The highest BCUT2D eigenvalue weighted by atomic mass is 16.2. The van der Waals surface area contributed by atoms with Crippen LogP contribution in [0.2, 0.25) is 0 Å². The van der Waals surface area contributed by atoms with Crippen molar-refractivity contribution >= 4 is 5.91 Å². The maximum Gasteiger partial charge on any atom is 0.272 e. The lowest BCUT2D eigenvalue weighted by Gasteiger charge is -2.26. The first-order valence-electron chi connectivity index (χ1n) is 7.87. The minimum atomic E-state index is 0.0416. The van der Waals surface area contributed by atoms with Crippen molar-refractivity contribution < 1.29 is 4.79 Å². The number of rotatable bonds is 2. The molecule has 1 amide bonds. The summed E-state index contributed by atoms with van der Waals surface area (Å²) in [6.07, 6.45) is 3.69. The van der Waals surface area contributed by atoms with Gasteiger partial charge < -0.3 is 4.90 Å². The van der Waals surface area contributed by atoms with Gasteiger partial charge in [0.25, 0.3) is 5.91 Å². The predicted octanol–water partition coefficient (Wildman–Crippen LogP) is 3.68. The molecule has 1 aromatic carbocycles. The monoisotopic (exact) mass is 297 g/mol. The average Bonchev–Trinajstić information content (AvgIpc) is 3.17. The van der Waals surface area contributed by atoms with Crippen molar-refractivity contribution in [2.24, 2.45) is 0 Å². The fourth-order valence-corrected chi connectivity index (χ4v) is 3.09. The highest BCUT2D eigenvalue weighted by Gasteiger charge is 2.31. The summed E-state index contributed by atoms with van der Waals surface area (Å²) in [5.41, 5.74) is 3.26. The summed E-state index contributed by atoms with van der Waals surface area (Å²) in [5.74, 6) is 0.0416. The minimum absolute atomic E-state index is 0.0416. The van der Waals surface area contributed by atoms with Gasteiger partial charge in [0.2, 0.25) is 0 Å². The van der Waals surface area contributed by atoms with Crippen LogP contribution in [0.25, 0.3) is 0 Å². The molecule has 1 unspecified atom stereocenters. The Hall–Kier alpha value is -2.10. The molecule has 1 fully saturated rings. The number of nitrogens with one attached hydrogen (secondary N) is 1. The van der Waals surface area contributed by atoms with Crippen molar-refractivity contribution in [1.29, 1.82) is 0 Å². The Morgan fingerprint density at radius 2 is 1.95 bits per heavy atom. The fourth-order valence-electron chi connectivity index (χ4n) is 3.09. The molecule has 4 heteroatoms. The summed E-state index contributed by atoms with van der Waals surface area (Å²) in [5, 5.41) is 6.65. The highest BCUT2D eigenvalue weighted by molar-refractivity contribution is 5.92. The number of likely N-dealkylation sites (tertiary alicyclic amines) is 1. The zero-order chi connectivity index (χ0) is 15.7. The molecule has 116 valence electrons. The number of aromatic nitrogens is 2. The minimum Gasteiger partial charge on any atom is -0.330 e. The lowest BCUT2D eigenvalue weighted by atomic mass is 9.86. The van der Waals surface area contributed by atoms with Gasteiger partial charge in [-0.1, -0.05) is 45.0 Å². The molecular formula is C18H23N3O. The van der Waals surface area contributed by atoms with Crippen molar-refractivity contribution in [1.82, 2.24) is 15.1 Å². The van der Waals surface area contributed by atoms with E-state index in [1.165, 1.54) is 11.1 Å². The van der Waals surface area contributed by atoms with E-state index in [1.807, 2.05) is 4.90 Å². The summed E-state index contributed by atoms with van der Waals surface area (Å²) in [7, 11) is 0. The zero-order valence-corrected chi connectivity index (χ0v) is 13.5. The Kier molecular flexibility index (Phi) is 3.77. The number of hydrogen-bond acceptors (Lipinski definition) is 2.